The molecule has 5 nitrogen and oxygen atoms in total. The molecule has 0 bridgehead atoms. The molecule has 2 amide bonds. The van der Waals surface area contributed by atoms with Crippen LogP contribution in [0.3, 0.4) is 0 Å². The van der Waals surface area contributed by atoms with Gasteiger partial charge in [-0.25, -0.2) is 0 Å². The molecular weight excluding hydrogens is 324 g/mol. The molecule has 0 aromatic heterocycles. The molecule has 0 aliphatic rings. The van der Waals surface area contributed by atoms with Gasteiger partial charge in [0.1, 0.15) is 5.75 Å². The van der Waals surface area contributed by atoms with Crippen molar-refractivity contribution in [2.75, 3.05) is 27.7 Å². The van der Waals surface area contributed by atoms with Crippen molar-refractivity contribution in [3.05, 3.63) is 28.2 Å². The van der Waals surface area contributed by atoms with E-state index < -0.39 is 0 Å². The van der Waals surface area contributed by atoms with Crippen molar-refractivity contribution in [1.82, 2.24) is 10.2 Å². The molecule has 1 aromatic carbocycles. The second kappa shape index (κ2) is 7.28. The number of hydrogen-bond acceptors (Lipinski definition) is 3. The fourth-order valence-corrected chi connectivity index (χ4v) is 2.38. The lowest BCUT2D eigenvalue weighted by atomic mass is 10.1. The van der Waals surface area contributed by atoms with E-state index >= 15 is 0 Å². The Labute approximate surface area is 127 Å². The summed E-state index contributed by atoms with van der Waals surface area (Å²) in [6, 6.07) is 5.14. The lowest BCUT2D eigenvalue weighted by Crippen LogP contribution is -2.37. The van der Waals surface area contributed by atoms with Crippen molar-refractivity contribution >= 4 is 27.7 Å². The summed E-state index contributed by atoms with van der Waals surface area (Å²) in [5.74, 6) is 0.197. The fraction of sp³-hybridized carbons (Fsp3) is 0.429. The molecule has 0 heterocycles. The zero-order valence-corrected chi connectivity index (χ0v) is 13.7. The zero-order valence-electron chi connectivity index (χ0n) is 12.1. The van der Waals surface area contributed by atoms with Gasteiger partial charge in [0.2, 0.25) is 5.91 Å². The molecule has 110 valence electrons. The molecule has 1 aromatic rings. The number of carbonyl (C=O) groups is 2. The van der Waals surface area contributed by atoms with E-state index in [4.69, 9.17) is 4.74 Å². The van der Waals surface area contributed by atoms with Crippen LogP contribution in [-0.2, 0) is 4.79 Å². The monoisotopic (exact) mass is 342 g/mol. The largest absolute Gasteiger partial charge is 0.496 e. The van der Waals surface area contributed by atoms with Gasteiger partial charge in [-0.2, -0.15) is 0 Å². The highest BCUT2D eigenvalue weighted by Gasteiger charge is 2.19. The fourth-order valence-electron chi connectivity index (χ4n) is 1.84. The molecule has 0 aliphatic carbocycles. The van der Waals surface area contributed by atoms with Crippen molar-refractivity contribution < 1.29 is 14.3 Å². The number of amides is 2. The van der Waals surface area contributed by atoms with Crippen molar-refractivity contribution in [2.45, 2.75) is 6.92 Å². The van der Waals surface area contributed by atoms with Gasteiger partial charge in [-0.3, -0.25) is 9.59 Å². The molecule has 0 saturated heterocycles. The summed E-state index contributed by atoms with van der Waals surface area (Å²) in [5.41, 5.74) is 0.546. The Morgan fingerprint density at radius 3 is 2.60 bits per heavy atom. The standard InChI is InChI=1S/C14H19BrN2O3/c1-9(13(18)16-2)8-17(3)14(19)10-5-6-12(20-4)11(15)7-10/h5-7,9H,8H2,1-4H3,(H,16,18). The van der Waals surface area contributed by atoms with Gasteiger partial charge in [-0.15, -0.1) is 0 Å². The number of ether oxygens (including phenoxy) is 1. The van der Waals surface area contributed by atoms with Crippen LogP contribution in [0.5, 0.6) is 5.75 Å². The summed E-state index contributed by atoms with van der Waals surface area (Å²) in [4.78, 5) is 25.3. The second-order valence-corrected chi connectivity index (χ2v) is 5.40. The van der Waals surface area contributed by atoms with Crippen LogP contribution >= 0.6 is 15.9 Å². The zero-order chi connectivity index (χ0) is 15.3. The van der Waals surface area contributed by atoms with Crippen molar-refractivity contribution in [3.8, 4) is 5.75 Å². The van der Waals surface area contributed by atoms with Crippen LogP contribution in [0.2, 0.25) is 0 Å². The maximum Gasteiger partial charge on any atom is 0.253 e. The first-order valence-electron chi connectivity index (χ1n) is 6.21. The van der Waals surface area contributed by atoms with E-state index in [-0.39, 0.29) is 17.7 Å². The molecule has 0 aliphatic heterocycles. The normalized spacial score (nSPS) is 11.7. The minimum atomic E-state index is -0.254. The van der Waals surface area contributed by atoms with E-state index in [9.17, 15) is 9.59 Å². The topological polar surface area (TPSA) is 58.6 Å². The Balaban J connectivity index is 2.79. The highest BCUT2D eigenvalue weighted by molar-refractivity contribution is 9.10. The summed E-state index contributed by atoms with van der Waals surface area (Å²) < 4.78 is 5.85. The van der Waals surface area contributed by atoms with Crippen molar-refractivity contribution in [2.24, 2.45) is 5.92 Å². The predicted molar refractivity (Wildman–Crippen MR) is 80.9 cm³/mol. The van der Waals surface area contributed by atoms with Gasteiger partial charge in [0.05, 0.1) is 17.5 Å². The van der Waals surface area contributed by atoms with Gasteiger partial charge >= 0.3 is 0 Å². The number of methoxy groups -OCH3 is 1. The first-order valence-corrected chi connectivity index (χ1v) is 7.00. The third-order valence-electron chi connectivity index (χ3n) is 2.99. The lowest BCUT2D eigenvalue weighted by molar-refractivity contribution is -0.124. The van der Waals surface area contributed by atoms with E-state index in [0.717, 1.165) is 4.47 Å². The van der Waals surface area contributed by atoms with Gasteiger partial charge in [0.25, 0.3) is 5.91 Å². The first-order chi connectivity index (χ1) is 9.40. The Kier molecular flexibility index (Phi) is 6.01. The summed E-state index contributed by atoms with van der Waals surface area (Å²) in [7, 11) is 4.83. The summed E-state index contributed by atoms with van der Waals surface area (Å²) in [6.07, 6.45) is 0. The average molecular weight is 343 g/mol. The molecule has 0 fully saturated rings. The Morgan fingerprint density at radius 2 is 2.10 bits per heavy atom. The first kappa shape index (κ1) is 16.5. The van der Waals surface area contributed by atoms with Gasteiger partial charge < -0.3 is 15.0 Å². The van der Waals surface area contributed by atoms with E-state index in [2.05, 4.69) is 21.2 Å². The smallest absolute Gasteiger partial charge is 0.253 e. The molecule has 6 heteroatoms. The maximum absolute atomic E-state index is 12.3. The number of rotatable bonds is 5. The van der Waals surface area contributed by atoms with E-state index in [0.29, 0.717) is 17.9 Å². The van der Waals surface area contributed by atoms with Crippen LogP contribution in [-0.4, -0.2) is 44.5 Å². The molecular formula is C14H19BrN2O3. The van der Waals surface area contributed by atoms with Crippen LogP contribution < -0.4 is 10.1 Å². The van der Waals surface area contributed by atoms with Crippen molar-refractivity contribution in [1.29, 1.82) is 0 Å². The number of hydrogen-bond donors (Lipinski definition) is 1. The SMILES string of the molecule is CNC(=O)C(C)CN(C)C(=O)c1ccc(OC)c(Br)c1. The van der Waals surface area contributed by atoms with Crippen LogP contribution in [0.1, 0.15) is 17.3 Å². The molecule has 20 heavy (non-hydrogen) atoms. The highest BCUT2D eigenvalue weighted by Crippen LogP contribution is 2.26. The van der Waals surface area contributed by atoms with Crippen LogP contribution in [0, 0.1) is 5.92 Å². The maximum atomic E-state index is 12.3. The lowest BCUT2D eigenvalue weighted by Gasteiger charge is -2.21. The third-order valence-corrected chi connectivity index (χ3v) is 3.61. The summed E-state index contributed by atoms with van der Waals surface area (Å²) in [5, 5.41) is 2.57. The molecule has 1 unspecified atom stereocenters. The van der Waals surface area contributed by atoms with Gasteiger partial charge in [-0.05, 0) is 34.1 Å². The number of nitrogens with zero attached hydrogens (tertiary/aromatic N) is 1. The number of carbonyl (C=O) groups excluding carboxylic acids is 2. The van der Waals surface area contributed by atoms with Crippen LogP contribution in [0.15, 0.2) is 22.7 Å². The second-order valence-electron chi connectivity index (χ2n) is 4.55. The Morgan fingerprint density at radius 1 is 1.45 bits per heavy atom. The van der Waals surface area contributed by atoms with Gasteiger partial charge in [-0.1, -0.05) is 6.92 Å². The Hall–Kier alpha value is -1.56. The highest BCUT2D eigenvalue weighted by atomic mass is 79.9. The predicted octanol–water partition coefficient (Wildman–Crippen LogP) is 1.91. The van der Waals surface area contributed by atoms with E-state index in [1.54, 1.807) is 46.3 Å². The molecule has 1 atom stereocenters. The van der Waals surface area contributed by atoms with Crippen LogP contribution in [0.4, 0.5) is 0 Å². The minimum Gasteiger partial charge on any atom is -0.496 e. The van der Waals surface area contributed by atoms with Crippen LogP contribution in [0.25, 0.3) is 0 Å². The quantitative estimate of drug-likeness (QED) is 0.889. The number of nitrogens with one attached hydrogen (secondary N) is 1. The summed E-state index contributed by atoms with van der Waals surface area (Å²) >= 11 is 3.35. The number of benzene rings is 1. The molecule has 0 saturated carbocycles. The molecule has 1 rings (SSSR count). The van der Waals surface area contributed by atoms with Gasteiger partial charge in [0.15, 0.2) is 0 Å². The third kappa shape index (κ3) is 3.96. The molecule has 0 radical (unpaired) electrons. The van der Waals surface area contributed by atoms with Crippen molar-refractivity contribution in [3.63, 3.8) is 0 Å². The average Bonchev–Trinajstić information content (AvgIpc) is 2.45. The Bertz CT molecular complexity index is 505. The van der Waals surface area contributed by atoms with Gasteiger partial charge in [0, 0.05) is 26.2 Å². The van der Waals surface area contributed by atoms with E-state index in [1.165, 1.54) is 4.90 Å². The molecule has 0 spiro atoms. The molecule has 1 N–H and O–H groups in total. The van der Waals surface area contributed by atoms with E-state index in [1.807, 2.05) is 0 Å². The summed E-state index contributed by atoms with van der Waals surface area (Å²) in [6.45, 7) is 2.15. The minimum absolute atomic E-state index is 0.0828. The number of halogens is 1.